The summed E-state index contributed by atoms with van der Waals surface area (Å²) in [4.78, 5) is 5.41. The molecule has 1 nitrogen and oxygen atoms in total. The maximum atomic E-state index is 5.41. The first-order valence-corrected chi connectivity index (χ1v) is 11.0. The lowest BCUT2D eigenvalue weighted by Crippen LogP contribution is -1.94. The van der Waals surface area contributed by atoms with Crippen LogP contribution in [0.3, 0.4) is 0 Å². The molecule has 1 heterocycles. The van der Waals surface area contributed by atoms with Crippen molar-refractivity contribution < 1.29 is 0 Å². The summed E-state index contributed by atoms with van der Waals surface area (Å²) in [5.41, 5.74) is 9.49. The van der Waals surface area contributed by atoms with Crippen molar-refractivity contribution in [2.45, 2.75) is 0 Å². The molecule has 0 unspecified atom stereocenters. The van der Waals surface area contributed by atoms with Gasteiger partial charge in [0.05, 0.1) is 11.4 Å². The van der Waals surface area contributed by atoms with Crippen LogP contribution < -0.4 is 0 Å². The molecule has 5 aromatic carbocycles. The Hall–Kier alpha value is -4.23. The van der Waals surface area contributed by atoms with Crippen LogP contribution in [0.15, 0.2) is 115 Å². The van der Waals surface area contributed by atoms with Gasteiger partial charge in [0.2, 0.25) is 0 Å². The van der Waals surface area contributed by atoms with Gasteiger partial charge in [-0.05, 0) is 32.8 Å². The Kier molecular flexibility index (Phi) is 3.62. The van der Waals surface area contributed by atoms with Crippen molar-refractivity contribution in [1.29, 1.82) is 0 Å². The topological polar surface area (TPSA) is 12.9 Å². The van der Waals surface area contributed by atoms with Gasteiger partial charge in [-0.15, -0.1) is 0 Å². The normalized spacial score (nSPS) is 11.8. The smallest absolute Gasteiger partial charge is 0.0807 e. The van der Waals surface area contributed by atoms with E-state index in [-0.39, 0.29) is 0 Å². The first kappa shape index (κ1) is 17.5. The Morgan fingerprint density at radius 1 is 0.406 bits per heavy atom. The van der Waals surface area contributed by atoms with Gasteiger partial charge in [0.15, 0.2) is 0 Å². The van der Waals surface area contributed by atoms with Crippen molar-refractivity contribution in [3.05, 3.63) is 115 Å². The lowest BCUT2D eigenvalue weighted by Gasteiger charge is -2.15. The van der Waals surface area contributed by atoms with Gasteiger partial charge in [0.1, 0.15) is 0 Å². The summed E-state index contributed by atoms with van der Waals surface area (Å²) in [6.07, 6.45) is 0. The van der Waals surface area contributed by atoms with E-state index in [0.29, 0.717) is 0 Å². The van der Waals surface area contributed by atoms with Crippen LogP contribution in [0.4, 0.5) is 0 Å². The molecule has 0 amide bonds. The fourth-order valence-electron chi connectivity index (χ4n) is 5.23. The Morgan fingerprint density at radius 2 is 1.09 bits per heavy atom. The first-order valence-electron chi connectivity index (χ1n) is 11.0. The standard InChI is InChI=1S/C31H19N/c1-3-11-21(12-4-1)27-26-17-9-16-24-25-19-18-20-10-7-8-15-23(20)28(25)31(29(24)26)32-30(27)22-13-5-2-6-14-22/h1-19H. The van der Waals surface area contributed by atoms with Gasteiger partial charge in [0.25, 0.3) is 0 Å². The molecule has 0 atom stereocenters. The van der Waals surface area contributed by atoms with Crippen molar-refractivity contribution in [2.75, 3.05) is 0 Å². The molecule has 7 rings (SSSR count). The molecule has 1 aromatic heterocycles. The summed E-state index contributed by atoms with van der Waals surface area (Å²) >= 11 is 0. The zero-order valence-electron chi connectivity index (χ0n) is 17.4. The molecule has 1 heteroatoms. The number of benzene rings is 5. The summed E-state index contributed by atoms with van der Waals surface area (Å²) in [7, 11) is 0. The van der Waals surface area contributed by atoms with E-state index in [1.54, 1.807) is 0 Å². The van der Waals surface area contributed by atoms with E-state index in [4.69, 9.17) is 4.98 Å². The van der Waals surface area contributed by atoms with Gasteiger partial charge in [-0.3, -0.25) is 0 Å². The van der Waals surface area contributed by atoms with E-state index in [0.717, 1.165) is 17.0 Å². The number of fused-ring (bicyclic) bond motifs is 5. The zero-order chi connectivity index (χ0) is 21.1. The van der Waals surface area contributed by atoms with Crippen molar-refractivity contribution in [3.8, 4) is 44.8 Å². The van der Waals surface area contributed by atoms with Gasteiger partial charge in [0, 0.05) is 22.1 Å². The second-order valence-corrected chi connectivity index (χ2v) is 8.35. The number of nitrogens with zero attached hydrogens (tertiary/aromatic N) is 1. The highest BCUT2D eigenvalue weighted by Gasteiger charge is 2.28. The van der Waals surface area contributed by atoms with Crippen LogP contribution in [0, 0.1) is 0 Å². The van der Waals surface area contributed by atoms with Crippen LogP contribution in [-0.4, -0.2) is 4.98 Å². The van der Waals surface area contributed by atoms with E-state index >= 15 is 0 Å². The SMILES string of the molecule is c1ccc(-c2nc3c4c(cccc4c2-c2ccccc2)-c2ccc4ccccc4c2-3)cc1. The van der Waals surface area contributed by atoms with E-state index in [1.807, 2.05) is 0 Å². The molecule has 6 aromatic rings. The average molecular weight is 406 g/mol. The molecule has 1 aliphatic carbocycles. The van der Waals surface area contributed by atoms with E-state index in [2.05, 4.69) is 115 Å². The largest absolute Gasteiger partial charge is 0.246 e. The average Bonchev–Trinajstić information content (AvgIpc) is 3.20. The van der Waals surface area contributed by atoms with E-state index in [1.165, 1.54) is 49.4 Å². The second-order valence-electron chi connectivity index (χ2n) is 8.35. The van der Waals surface area contributed by atoms with Gasteiger partial charge < -0.3 is 0 Å². The van der Waals surface area contributed by atoms with Gasteiger partial charge in [-0.1, -0.05) is 115 Å². The third-order valence-electron chi connectivity index (χ3n) is 6.60. The second kappa shape index (κ2) is 6.63. The molecule has 0 fully saturated rings. The molecule has 32 heavy (non-hydrogen) atoms. The molecule has 0 N–H and O–H groups in total. The minimum Gasteiger partial charge on any atom is -0.246 e. The summed E-state index contributed by atoms with van der Waals surface area (Å²) in [5, 5.41) is 5.04. The Morgan fingerprint density at radius 3 is 1.91 bits per heavy atom. The summed E-state index contributed by atoms with van der Waals surface area (Å²) < 4.78 is 0. The number of hydrogen-bond donors (Lipinski definition) is 0. The highest BCUT2D eigenvalue weighted by molar-refractivity contribution is 6.23. The van der Waals surface area contributed by atoms with Crippen LogP contribution in [0.2, 0.25) is 0 Å². The van der Waals surface area contributed by atoms with Crippen LogP contribution >= 0.6 is 0 Å². The quantitative estimate of drug-likeness (QED) is 0.281. The first-order chi connectivity index (χ1) is 15.9. The fraction of sp³-hybridized carbons (Fsp3) is 0. The highest BCUT2D eigenvalue weighted by Crippen LogP contribution is 2.52. The number of rotatable bonds is 2. The zero-order valence-corrected chi connectivity index (χ0v) is 17.4. The van der Waals surface area contributed by atoms with E-state index in [9.17, 15) is 0 Å². The van der Waals surface area contributed by atoms with Crippen molar-refractivity contribution >= 4 is 21.5 Å². The molecular formula is C31H19N. The van der Waals surface area contributed by atoms with Gasteiger partial charge in [-0.25, -0.2) is 4.98 Å². The van der Waals surface area contributed by atoms with Crippen LogP contribution in [0.1, 0.15) is 0 Å². The molecule has 0 spiro atoms. The number of hydrogen-bond acceptors (Lipinski definition) is 1. The van der Waals surface area contributed by atoms with Crippen LogP contribution in [0.25, 0.3) is 66.3 Å². The third-order valence-corrected chi connectivity index (χ3v) is 6.60. The lowest BCUT2D eigenvalue weighted by atomic mass is 9.92. The molecule has 148 valence electrons. The van der Waals surface area contributed by atoms with Crippen molar-refractivity contribution in [2.24, 2.45) is 0 Å². The van der Waals surface area contributed by atoms with Gasteiger partial charge in [-0.2, -0.15) is 0 Å². The third kappa shape index (κ3) is 2.36. The summed E-state index contributed by atoms with van der Waals surface area (Å²) in [6, 6.07) is 41.1. The highest BCUT2D eigenvalue weighted by atomic mass is 14.7. The predicted molar refractivity (Wildman–Crippen MR) is 135 cm³/mol. The van der Waals surface area contributed by atoms with Gasteiger partial charge >= 0.3 is 0 Å². The number of pyridine rings is 1. The monoisotopic (exact) mass is 405 g/mol. The Labute approximate surface area is 186 Å². The predicted octanol–water partition coefficient (Wildman–Crippen LogP) is 8.37. The maximum Gasteiger partial charge on any atom is 0.0807 e. The van der Waals surface area contributed by atoms with Crippen LogP contribution in [-0.2, 0) is 0 Å². The summed E-state index contributed by atoms with van der Waals surface area (Å²) in [6.45, 7) is 0. The summed E-state index contributed by atoms with van der Waals surface area (Å²) in [5.74, 6) is 0. The molecule has 0 saturated carbocycles. The Bertz CT molecular complexity index is 1650. The molecule has 1 aliphatic rings. The van der Waals surface area contributed by atoms with Crippen LogP contribution in [0.5, 0.6) is 0 Å². The van der Waals surface area contributed by atoms with Crippen molar-refractivity contribution in [3.63, 3.8) is 0 Å². The molecular weight excluding hydrogens is 386 g/mol. The molecule has 0 aliphatic heterocycles. The molecule has 0 bridgehead atoms. The molecule has 0 saturated heterocycles. The van der Waals surface area contributed by atoms with Crippen molar-refractivity contribution in [1.82, 2.24) is 4.98 Å². The van der Waals surface area contributed by atoms with E-state index < -0.39 is 0 Å². The lowest BCUT2D eigenvalue weighted by molar-refractivity contribution is 1.37. The number of aromatic nitrogens is 1. The minimum absolute atomic E-state index is 1.04. The fourth-order valence-corrected chi connectivity index (χ4v) is 5.23. The maximum absolute atomic E-state index is 5.41. The minimum atomic E-state index is 1.04. The Balaban J connectivity index is 1.69. The molecule has 0 radical (unpaired) electrons.